The number of halogens is 2. The quantitative estimate of drug-likeness (QED) is 0.539. The highest BCUT2D eigenvalue weighted by Gasteiger charge is 2.22. The van der Waals surface area contributed by atoms with Crippen LogP contribution in [0.5, 0.6) is 11.5 Å². The number of pyridine rings is 1. The molecule has 7 nitrogen and oxygen atoms in total. The van der Waals surface area contributed by atoms with E-state index in [1.54, 1.807) is 23.2 Å². The van der Waals surface area contributed by atoms with Crippen molar-refractivity contribution in [3.05, 3.63) is 48.2 Å². The number of hydrogen-bond acceptors (Lipinski definition) is 7. The Bertz CT molecular complexity index is 1060. The number of aromatic nitrogens is 2. The molecule has 0 aliphatic carbocycles. The normalized spacial score (nSPS) is 14.6. The molecule has 0 radical (unpaired) electrons. The van der Waals surface area contributed by atoms with Crippen molar-refractivity contribution in [1.29, 1.82) is 0 Å². The lowest BCUT2D eigenvalue weighted by molar-refractivity contribution is -0.126. The van der Waals surface area contributed by atoms with Gasteiger partial charge in [0.2, 0.25) is 5.91 Å². The number of para-hydroxylation sites is 1. The highest BCUT2D eigenvalue weighted by molar-refractivity contribution is 7.21. The van der Waals surface area contributed by atoms with E-state index < -0.39 is 6.61 Å². The molecule has 0 saturated carbocycles. The van der Waals surface area contributed by atoms with Crippen LogP contribution in [0.1, 0.15) is 5.56 Å². The van der Waals surface area contributed by atoms with Gasteiger partial charge < -0.3 is 19.3 Å². The molecule has 31 heavy (non-hydrogen) atoms. The van der Waals surface area contributed by atoms with Gasteiger partial charge in [-0.25, -0.2) is 9.97 Å². The van der Waals surface area contributed by atoms with Crippen LogP contribution >= 0.6 is 11.3 Å². The summed E-state index contributed by atoms with van der Waals surface area (Å²) in [5, 5.41) is 0.890. The highest BCUT2D eigenvalue weighted by Crippen LogP contribution is 2.33. The summed E-state index contributed by atoms with van der Waals surface area (Å²) in [7, 11) is 1.37. The van der Waals surface area contributed by atoms with Crippen molar-refractivity contribution in [1.82, 2.24) is 14.9 Å². The SMILES string of the molecule is COc1cccc(/C=C/C(=O)N2CCN(c3nc4cccnc4s3)CC2)c1OC(F)F. The maximum atomic E-state index is 12.8. The molecular formula is C21H20F2N4O3S. The van der Waals surface area contributed by atoms with Gasteiger partial charge >= 0.3 is 6.61 Å². The fraction of sp³-hybridized carbons (Fsp3) is 0.286. The Morgan fingerprint density at radius 1 is 1.19 bits per heavy atom. The Hall–Kier alpha value is -3.27. The van der Waals surface area contributed by atoms with E-state index >= 15 is 0 Å². The fourth-order valence-electron chi connectivity index (χ4n) is 3.32. The van der Waals surface area contributed by atoms with Crippen molar-refractivity contribution in [2.45, 2.75) is 6.61 Å². The molecule has 0 bridgehead atoms. The van der Waals surface area contributed by atoms with Gasteiger partial charge in [-0.3, -0.25) is 4.79 Å². The molecule has 0 unspecified atom stereocenters. The Morgan fingerprint density at radius 3 is 2.71 bits per heavy atom. The molecule has 1 aliphatic heterocycles. The Balaban J connectivity index is 1.41. The number of methoxy groups -OCH3 is 1. The van der Waals surface area contributed by atoms with Gasteiger partial charge in [-0.05, 0) is 24.3 Å². The molecule has 0 spiro atoms. The summed E-state index contributed by atoms with van der Waals surface area (Å²) in [5.74, 6) is -0.122. The molecule has 162 valence electrons. The van der Waals surface area contributed by atoms with E-state index in [1.165, 1.54) is 36.7 Å². The van der Waals surface area contributed by atoms with Crippen LogP contribution in [0.4, 0.5) is 13.9 Å². The van der Waals surface area contributed by atoms with Gasteiger partial charge in [-0.1, -0.05) is 23.5 Å². The zero-order valence-electron chi connectivity index (χ0n) is 16.7. The number of amides is 1. The van der Waals surface area contributed by atoms with Crippen molar-refractivity contribution in [3.63, 3.8) is 0 Å². The van der Waals surface area contributed by atoms with Crippen LogP contribution in [0.25, 0.3) is 16.4 Å². The molecule has 0 N–H and O–H groups in total. The molecule has 2 aromatic heterocycles. The minimum Gasteiger partial charge on any atom is -0.493 e. The first kappa shape index (κ1) is 21.0. The third-order valence-corrected chi connectivity index (χ3v) is 5.90. The summed E-state index contributed by atoms with van der Waals surface area (Å²) < 4.78 is 35.2. The van der Waals surface area contributed by atoms with Crippen LogP contribution in [-0.4, -0.2) is 60.7 Å². The second-order valence-electron chi connectivity index (χ2n) is 6.73. The summed E-state index contributed by atoms with van der Waals surface area (Å²) in [6, 6.07) is 8.54. The van der Waals surface area contributed by atoms with E-state index in [0.717, 1.165) is 15.5 Å². The lowest BCUT2D eigenvalue weighted by Crippen LogP contribution is -2.48. The summed E-state index contributed by atoms with van der Waals surface area (Å²) in [4.78, 5) is 26.3. The van der Waals surface area contributed by atoms with Crippen molar-refractivity contribution in [3.8, 4) is 11.5 Å². The van der Waals surface area contributed by atoms with Crippen molar-refractivity contribution in [2.24, 2.45) is 0 Å². The first-order valence-corrected chi connectivity index (χ1v) is 10.4. The number of hydrogen-bond donors (Lipinski definition) is 0. The number of fused-ring (bicyclic) bond motifs is 1. The third-order valence-electron chi connectivity index (χ3n) is 4.86. The third kappa shape index (κ3) is 4.74. The number of nitrogens with zero attached hydrogens (tertiary/aromatic N) is 4. The molecule has 0 atom stereocenters. The van der Waals surface area contributed by atoms with E-state index in [1.807, 2.05) is 12.1 Å². The summed E-state index contributed by atoms with van der Waals surface area (Å²) in [6.45, 7) is -0.628. The Morgan fingerprint density at radius 2 is 2.00 bits per heavy atom. The number of rotatable bonds is 6. The number of alkyl halides is 2. The van der Waals surface area contributed by atoms with Gasteiger partial charge in [0.15, 0.2) is 16.6 Å². The molecule has 1 amide bonds. The lowest BCUT2D eigenvalue weighted by Gasteiger charge is -2.34. The number of benzene rings is 1. The number of thiazole rings is 1. The maximum Gasteiger partial charge on any atom is 0.387 e. The van der Waals surface area contributed by atoms with Crippen LogP contribution < -0.4 is 14.4 Å². The molecule has 1 aromatic carbocycles. The predicted octanol–water partition coefficient (Wildman–Crippen LogP) is 3.66. The van der Waals surface area contributed by atoms with Crippen LogP contribution in [-0.2, 0) is 4.79 Å². The van der Waals surface area contributed by atoms with Crippen molar-refractivity contribution >= 4 is 38.8 Å². The highest BCUT2D eigenvalue weighted by atomic mass is 32.1. The average molecular weight is 446 g/mol. The zero-order chi connectivity index (χ0) is 21.8. The average Bonchev–Trinajstić information content (AvgIpc) is 3.22. The number of ether oxygens (including phenoxy) is 2. The van der Waals surface area contributed by atoms with Gasteiger partial charge in [0.25, 0.3) is 0 Å². The largest absolute Gasteiger partial charge is 0.493 e. The number of carbonyl (C=O) groups is 1. The van der Waals surface area contributed by atoms with E-state index in [4.69, 9.17) is 4.74 Å². The topological polar surface area (TPSA) is 67.8 Å². The van der Waals surface area contributed by atoms with Crippen LogP contribution in [0.15, 0.2) is 42.6 Å². The number of carbonyl (C=O) groups excluding carboxylic acids is 1. The standard InChI is InChI=1S/C21H20F2N4O3S/c1-29-16-6-2-4-14(18(16)30-20(22)23)7-8-17(28)26-10-12-27(13-11-26)21-25-15-5-3-9-24-19(15)31-21/h2-9,20H,10-13H2,1H3/b8-7+. The number of anilines is 1. The molecule has 1 saturated heterocycles. The molecular weight excluding hydrogens is 426 g/mol. The molecule has 1 fully saturated rings. The second-order valence-corrected chi connectivity index (χ2v) is 7.68. The molecule has 4 rings (SSSR count). The fourth-order valence-corrected chi connectivity index (χ4v) is 4.28. The van der Waals surface area contributed by atoms with Crippen molar-refractivity contribution in [2.75, 3.05) is 38.2 Å². The van der Waals surface area contributed by atoms with Crippen molar-refractivity contribution < 1.29 is 23.0 Å². The predicted molar refractivity (Wildman–Crippen MR) is 115 cm³/mol. The first-order valence-electron chi connectivity index (χ1n) is 9.60. The lowest BCUT2D eigenvalue weighted by atomic mass is 10.1. The molecule has 10 heteroatoms. The zero-order valence-corrected chi connectivity index (χ0v) is 17.5. The smallest absolute Gasteiger partial charge is 0.387 e. The van der Waals surface area contributed by atoms with Gasteiger partial charge in [0.1, 0.15) is 10.3 Å². The Kier molecular flexibility index (Phi) is 6.26. The van der Waals surface area contributed by atoms with E-state index in [2.05, 4.69) is 19.6 Å². The van der Waals surface area contributed by atoms with E-state index in [-0.39, 0.29) is 17.4 Å². The van der Waals surface area contributed by atoms with Gasteiger partial charge in [-0.2, -0.15) is 8.78 Å². The molecule has 1 aliphatic rings. The second kappa shape index (κ2) is 9.25. The van der Waals surface area contributed by atoms with E-state index in [9.17, 15) is 13.6 Å². The van der Waals surface area contributed by atoms with E-state index in [0.29, 0.717) is 31.7 Å². The summed E-state index contributed by atoms with van der Waals surface area (Å²) >= 11 is 1.53. The monoisotopic (exact) mass is 446 g/mol. The first-order chi connectivity index (χ1) is 15.0. The molecule has 3 aromatic rings. The van der Waals surface area contributed by atoms with Crippen LogP contribution in [0, 0.1) is 0 Å². The van der Waals surface area contributed by atoms with Crippen LogP contribution in [0.3, 0.4) is 0 Å². The minimum atomic E-state index is -3.00. The number of piperazine rings is 1. The van der Waals surface area contributed by atoms with Gasteiger partial charge in [-0.15, -0.1) is 0 Å². The van der Waals surface area contributed by atoms with Crippen LogP contribution in [0.2, 0.25) is 0 Å². The minimum absolute atomic E-state index is 0.0988. The molecule has 3 heterocycles. The summed E-state index contributed by atoms with van der Waals surface area (Å²) in [5.41, 5.74) is 1.21. The van der Waals surface area contributed by atoms with Gasteiger partial charge in [0, 0.05) is 44.0 Å². The Labute approximate surface area is 181 Å². The maximum absolute atomic E-state index is 12.8. The summed E-state index contributed by atoms with van der Waals surface area (Å²) in [6.07, 6.45) is 4.58. The van der Waals surface area contributed by atoms with Gasteiger partial charge in [0.05, 0.1) is 7.11 Å².